The van der Waals surface area contributed by atoms with Gasteiger partial charge >= 0.3 is 5.97 Å². The van der Waals surface area contributed by atoms with Crippen molar-refractivity contribution in [3.8, 4) is 5.75 Å². The van der Waals surface area contributed by atoms with Crippen molar-refractivity contribution in [1.29, 1.82) is 0 Å². The van der Waals surface area contributed by atoms with Crippen molar-refractivity contribution in [1.82, 2.24) is 24.8 Å². The van der Waals surface area contributed by atoms with Gasteiger partial charge in [-0.1, -0.05) is 22.5 Å². The van der Waals surface area contributed by atoms with Crippen LogP contribution in [0.4, 0.5) is 20.2 Å². The number of allylic oxidation sites excluding steroid dienone is 4. The van der Waals surface area contributed by atoms with Crippen molar-refractivity contribution in [3.63, 3.8) is 0 Å². The number of carboxylic acids is 1. The van der Waals surface area contributed by atoms with Crippen LogP contribution in [0.3, 0.4) is 0 Å². The number of nitrogens with zero attached hydrogens (tertiary/aromatic N) is 8. The Morgan fingerprint density at radius 3 is 2.69 bits per heavy atom. The lowest BCUT2D eigenvalue weighted by molar-refractivity contribution is -0.140. The van der Waals surface area contributed by atoms with E-state index in [4.69, 9.17) is 4.74 Å². The molecule has 1 aromatic heterocycles. The molecule has 17 heteroatoms. The first kappa shape index (κ1) is 32.8. The van der Waals surface area contributed by atoms with E-state index < -0.39 is 40.8 Å². The van der Waals surface area contributed by atoms with E-state index in [9.17, 15) is 29.5 Å². The van der Waals surface area contributed by atoms with Crippen molar-refractivity contribution in [2.45, 2.75) is 62.9 Å². The largest absolute Gasteiger partial charge is 0.492 e. The van der Waals surface area contributed by atoms with Crippen LogP contribution in [0.25, 0.3) is 0 Å². The lowest BCUT2D eigenvalue weighted by Gasteiger charge is -2.37. The molecule has 2 unspecified atom stereocenters. The van der Waals surface area contributed by atoms with E-state index in [0.717, 1.165) is 36.6 Å². The molecule has 6 aliphatic rings. The zero-order chi connectivity index (χ0) is 35.8. The van der Waals surface area contributed by atoms with E-state index in [1.165, 1.54) is 24.1 Å². The molecule has 8 rings (SSSR count). The summed E-state index contributed by atoms with van der Waals surface area (Å²) >= 11 is 0. The number of anilines is 2. The quantitative estimate of drug-likeness (QED) is 0.234. The fourth-order valence-corrected chi connectivity index (χ4v) is 8.42. The van der Waals surface area contributed by atoms with Crippen LogP contribution in [0.1, 0.15) is 48.2 Å². The van der Waals surface area contributed by atoms with Gasteiger partial charge in [0.05, 0.1) is 37.3 Å². The molecule has 4 fully saturated rings. The van der Waals surface area contributed by atoms with Gasteiger partial charge in [-0.05, 0) is 43.7 Å². The second-order valence-electron chi connectivity index (χ2n) is 14.0. The topological polar surface area (TPSA) is 174 Å². The number of alkyl halides is 1. The van der Waals surface area contributed by atoms with Gasteiger partial charge in [0, 0.05) is 44.2 Å². The van der Waals surface area contributed by atoms with Crippen molar-refractivity contribution in [2.75, 3.05) is 43.1 Å². The second-order valence-corrected chi connectivity index (χ2v) is 14.0. The van der Waals surface area contributed by atoms with Crippen molar-refractivity contribution >= 4 is 40.7 Å². The highest BCUT2D eigenvalue weighted by molar-refractivity contribution is 6.45. The molecule has 2 N–H and O–H groups in total. The average molecular weight is 707 g/mol. The molecule has 4 atom stereocenters. The SMILES string of the molecule is COc1c(N2C[C@H]3CCCN(C(=O)Cn4cc(CN5C(=O)/C(=N\O)C6(F)CC=CC=C56)nn4)[C@H]3C2)c(F)cc2c1N(C1CC1)CC(C(=O)O)C2=O. The van der Waals surface area contributed by atoms with Crippen molar-refractivity contribution < 1.29 is 43.0 Å². The third-order valence-corrected chi connectivity index (χ3v) is 11.0. The number of amides is 2. The van der Waals surface area contributed by atoms with Crippen LogP contribution in [-0.4, -0.2) is 115 Å². The van der Waals surface area contributed by atoms with Crippen molar-refractivity contribution in [3.05, 3.63) is 53.3 Å². The number of oxime groups is 1. The first-order valence-electron chi connectivity index (χ1n) is 17.0. The van der Waals surface area contributed by atoms with Gasteiger partial charge in [-0.3, -0.25) is 19.2 Å². The number of methoxy groups -OCH3 is 1. The number of halogens is 2. The predicted octanol–water partition coefficient (Wildman–Crippen LogP) is 2.14. The monoisotopic (exact) mass is 706 g/mol. The number of fused-ring (bicyclic) bond motifs is 3. The molecule has 5 heterocycles. The van der Waals surface area contributed by atoms with E-state index in [1.807, 2.05) is 9.80 Å². The number of rotatable bonds is 8. The number of Topliss-reactive ketones (excluding diaryl/α,β-unsaturated/α-hetero) is 1. The number of carboxylic acid groups (broad SMARTS) is 1. The second kappa shape index (κ2) is 12.2. The first-order chi connectivity index (χ1) is 24.5. The van der Waals surface area contributed by atoms with Crippen LogP contribution in [-0.2, 0) is 27.5 Å². The fraction of sp³-hybridized carbons (Fsp3) is 0.500. The Kier molecular flexibility index (Phi) is 7.83. The molecule has 15 nitrogen and oxygen atoms in total. The predicted molar refractivity (Wildman–Crippen MR) is 175 cm³/mol. The van der Waals surface area contributed by atoms with Crippen molar-refractivity contribution in [2.24, 2.45) is 17.0 Å². The number of likely N-dealkylation sites (tertiary alicyclic amines) is 2. The number of ketones is 1. The zero-order valence-corrected chi connectivity index (χ0v) is 27.7. The van der Waals surface area contributed by atoms with E-state index >= 15 is 8.78 Å². The summed E-state index contributed by atoms with van der Waals surface area (Å²) in [4.78, 5) is 58.5. The van der Waals surface area contributed by atoms with Crippen LogP contribution in [0, 0.1) is 17.7 Å². The average Bonchev–Trinajstić information content (AvgIpc) is 3.63. The van der Waals surface area contributed by atoms with Gasteiger partial charge in [-0.2, -0.15) is 0 Å². The van der Waals surface area contributed by atoms with Gasteiger partial charge in [-0.25, -0.2) is 13.5 Å². The Hall–Kier alpha value is -5.35. The summed E-state index contributed by atoms with van der Waals surface area (Å²) in [5.41, 5.74) is -1.87. The third kappa shape index (κ3) is 5.23. The highest BCUT2D eigenvalue weighted by Gasteiger charge is 2.55. The molecular formula is C34H36F2N8O7. The number of benzene rings is 1. The summed E-state index contributed by atoms with van der Waals surface area (Å²) in [6, 6.07) is 0.934. The minimum Gasteiger partial charge on any atom is -0.492 e. The number of hydrogen-bond donors (Lipinski definition) is 2. The van der Waals surface area contributed by atoms with Gasteiger partial charge in [-0.15, -0.1) is 5.10 Å². The van der Waals surface area contributed by atoms with Crippen LogP contribution < -0.4 is 14.5 Å². The van der Waals surface area contributed by atoms with E-state index in [2.05, 4.69) is 15.5 Å². The van der Waals surface area contributed by atoms with Gasteiger partial charge in [0.1, 0.15) is 23.8 Å². The number of piperidine rings is 1. The molecule has 3 saturated heterocycles. The molecule has 51 heavy (non-hydrogen) atoms. The Balaban J connectivity index is 1.00. The summed E-state index contributed by atoms with van der Waals surface area (Å²) in [6.07, 6.45) is 9.22. The summed E-state index contributed by atoms with van der Waals surface area (Å²) < 4.78 is 38.9. The van der Waals surface area contributed by atoms with Gasteiger partial charge in [0.25, 0.3) is 5.91 Å². The van der Waals surface area contributed by atoms with Crippen LogP contribution in [0.2, 0.25) is 0 Å². The van der Waals surface area contributed by atoms with Gasteiger partial charge in [0.2, 0.25) is 11.6 Å². The normalized spacial score (nSPS) is 27.9. The van der Waals surface area contributed by atoms with Crippen LogP contribution in [0.5, 0.6) is 5.75 Å². The maximum absolute atomic E-state index is 16.1. The number of aromatic nitrogens is 3. The van der Waals surface area contributed by atoms with Gasteiger partial charge in [0.15, 0.2) is 23.1 Å². The fourth-order valence-electron chi connectivity index (χ4n) is 8.42. The Morgan fingerprint density at radius 2 is 1.96 bits per heavy atom. The number of aliphatic carboxylic acids is 1. The molecule has 1 aromatic carbocycles. The Bertz CT molecular complexity index is 1940. The summed E-state index contributed by atoms with van der Waals surface area (Å²) in [6.45, 7) is 0.962. The van der Waals surface area contributed by atoms with Crippen LogP contribution >= 0.6 is 0 Å². The summed E-state index contributed by atoms with van der Waals surface area (Å²) in [5.74, 6) is -4.64. The molecule has 2 amide bonds. The number of carbonyl (C=O) groups is 4. The molecule has 0 radical (unpaired) electrons. The Morgan fingerprint density at radius 1 is 1.16 bits per heavy atom. The van der Waals surface area contributed by atoms with E-state index in [0.29, 0.717) is 31.0 Å². The minimum absolute atomic E-state index is 0.00616. The molecule has 2 aliphatic carbocycles. The summed E-state index contributed by atoms with van der Waals surface area (Å²) in [5, 5.41) is 30.2. The maximum Gasteiger partial charge on any atom is 0.316 e. The Labute approximate surface area is 290 Å². The number of hydrogen-bond acceptors (Lipinski definition) is 11. The minimum atomic E-state index is -2.24. The third-order valence-electron chi connectivity index (χ3n) is 11.0. The zero-order valence-electron chi connectivity index (χ0n) is 27.7. The highest BCUT2D eigenvalue weighted by atomic mass is 19.1. The summed E-state index contributed by atoms with van der Waals surface area (Å²) in [7, 11) is 1.42. The molecule has 1 saturated carbocycles. The van der Waals surface area contributed by atoms with Gasteiger partial charge < -0.3 is 34.7 Å². The molecular weight excluding hydrogens is 670 g/mol. The molecule has 0 bridgehead atoms. The number of carbonyl (C=O) groups excluding carboxylic acids is 3. The smallest absolute Gasteiger partial charge is 0.316 e. The molecule has 0 spiro atoms. The van der Waals surface area contributed by atoms with Crippen LogP contribution in [0.15, 0.2) is 41.3 Å². The van der Waals surface area contributed by atoms with E-state index in [1.54, 1.807) is 17.1 Å². The number of ether oxygens (including phenoxy) is 1. The van der Waals surface area contributed by atoms with E-state index in [-0.39, 0.29) is 72.7 Å². The molecule has 2 aromatic rings. The first-order valence-corrected chi connectivity index (χ1v) is 17.0. The molecule has 268 valence electrons. The lowest BCUT2D eigenvalue weighted by atomic mass is 9.89. The lowest BCUT2D eigenvalue weighted by Crippen LogP contribution is -2.49. The molecule has 4 aliphatic heterocycles. The maximum atomic E-state index is 16.1. The highest BCUT2D eigenvalue weighted by Crippen LogP contribution is 2.50. The standard InChI is InChI=1S/C34H36F2N8O7/c1-51-30-27-21(29(46)22(33(48)49)15-43(27)20-7-8-20)11-23(35)28(30)40-12-18-5-4-10-42(24(18)16-40)26(45)17-41-13-19(37-39-41)14-44-25-6-2-3-9-34(25,36)31(38-50)32(44)47/h2-3,6,11,13,18,20,22,24,50H,4-5,7-10,12,14-17H2,1H3,(H,48,49)/b38-31+/t18-,22?,24+,34?/m1/s1.